The van der Waals surface area contributed by atoms with E-state index in [0.29, 0.717) is 6.42 Å². The van der Waals surface area contributed by atoms with Crippen LogP contribution in [0, 0.1) is 0 Å². The van der Waals surface area contributed by atoms with Crippen molar-refractivity contribution in [2.45, 2.75) is 33.1 Å². The van der Waals surface area contributed by atoms with E-state index < -0.39 is 0 Å². The molecule has 0 heterocycles. The van der Waals surface area contributed by atoms with Gasteiger partial charge in [0.05, 0.1) is 0 Å². The van der Waals surface area contributed by atoms with Gasteiger partial charge in [-0.05, 0) is 12.5 Å². The first-order chi connectivity index (χ1) is 5.31. The highest BCUT2D eigenvalue weighted by atomic mass is 16.1. The molecule has 0 fully saturated rings. The monoisotopic (exact) mass is 152 g/mol. The van der Waals surface area contributed by atoms with Gasteiger partial charge in [-0.2, -0.15) is 0 Å². The molecule has 0 unspecified atom stereocenters. The number of hydrogen-bond donors (Lipinski definition) is 0. The highest BCUT2D eigenvalue weighted by Gasteiger charge is 1.85. The Hall–Kier alpha value is -0.850. The third-order valence-corrected chi connectivity index (χ3v) is 1.33. The molecule has 0 N–H and O–H groups in total. The fraction of sp³-hybridized carbons (Fsp3) is 0.500. The van der Waals surface area contributed by atoms with Crippen molar-refractivity contribution in [1.29, 1.82) is 0 Å². The number of allylic oxidation sites excluding steroid dienone is 4. The lowest BCUT2D eigenvalue weighted by Gasteiger charge is -1.82. The van der Waals surface area contributed by atoms with Crippen molar-refractivity contribution in [3.8, 4) is 0 Å². The first-order valence-electron chi connectivity index (χ1n) is 4.17. The zero-order valence-electron chi connectivity index (χ0n) is 7.34. The van der Waals surface area contributed by atoms with Gasteiger partial charge in [-0.25, -0.2) is 0 Å². The van der Waals surface area contributed by atoms with Gasteiger partial charge >= 0.3 is 0 Å². The molecule has 0 spiro atoms. The largest absolute Gasteiger partial charge is 0.295 e. The van der Waals surface area contributed by atoms with Gasteiger partial charge in [0.25, 0.3) is 0 Å². The number of unbranched alkanes of at least 4 members (excludes halogenated alkanes) is 1. The smallest absolute Gasteiger partial charge is 0.155 e. The van der Waals surface area contributed by atoms with Crippen LogP contribution in [0.5, 0.6) is 0 Å². The van der Waals surface area contributed by atoms with E-state index in [1.807, 2.05) is 19.1 Å². The Balaban J connectivity index is 3.50. The van der Waals surface area contributed by atoms with E-state index >= 15 is 0 Å². The Kier molecular flexibility index (Phi) is 6.70. The summed E-state index contributed by atoms with van der Waals surface area (Å²) in [6.45, 7) is 3.99. The van der Waals surface area contributed by atoms with Crippen molar-refractivity contribution in [3.05, 3.63) is 24.3 Å². The maximum Gasteiger partial charge on any atom is 0.155 e. The summed E-state index contributed by atoms with van der Waals surface area (Å²) in [5.74, 6) is 0.186. The SMILES string of the molecule is CCCC=CC=CC(=O)CC. The number of hydrogen-bond acceptors (Lipinski definition) is 1. The Labute approximate surface area is 68.8 Å². The van der Waals surface area contributed by atoms with Crippen LogP contribution in [0.15, 0.2) is 24.3 Å². The normalized spacial score (nSPS) is 11.5. The standard InChI is InChI=1S/C10H16O/c1-3-5-6-7-8-9-10(11)4-2/h6-9H,3-5H2,1-2H3. The molecule has 0 aliphatic rings. The van der Waals surface area contributed by atoms with Crippen LogP contribution in [-0.2, 0) is 4.79 Å². The molecule has 62 valence electrons. The molecular weight excluding hydrogens is 136 g/mol. The summed E-state index contributed by atoms with van der Waals surface area (Å²) in [6.07, 6.45) is 10.3. The third-order valence-electron chi connectivity index (χ3n) is 1.33. The van der Waals surface area contributed by atoms with Gasteiger partial charge in [0.15, 0.2) is 5.78 Å². The molecule has 0 saturated carbocycles. The van der Waals surface area contributed by atoms with Crippen LogP contribution in [0.3, 0.4) is 0 Å². The maximum absolute atomic E-state index is 10.7. The molecule has 1 nitrogen and oxygen atoms in total. The number of ketones is 1. The summed E-state index contributed by atoms with van der Waals surface area (Å²) >= 11 is 0. The summed E-state index contributed by atoms with van der Waals surface area (Å²) in [5, 5.41) is 0. The fourth-order valence-corrected chi connectivity index (χ4v) is 0.622. The van der Waals surface area contributed by atoms with Crippen LogP contribution in [0.2, 0.25) is 0 Å². The highest BCUT2D eigenvalue weighted by Crippen LogP contribution is 1.89. The van der Waals surface area contributed by atoms with Crippen molar-refractivity contribution in [2.75, 3.05) is 0 Å². The number of carbonyl (C=O) groups is 1. The zero-order valence-corrected chi connectivity index (χ0v) is 7.34. The molecular formula is C10H16O. The lowest BCUT2D eigenvalue weighted by molar-refractivity contribution is -0.114. The van der Waals surface area contributed by atoms with Gasteiger partial charge in [0.1, 0.15) is 0 Å². The summed E-state index contributed by atoms with van der Waals surface area (Å²) in [5.41, 5.74) is 0. The molecule has 0 aromatic carbocycles. The summed E-state index contributed by atoms with van der Waals surface area (Å²) < 4.78 is 0. The van der Waals surface area contributed by atoms with E-state index in [-0.39, 0.29) is 5.78 Å². The van der Waals surface area contributed by atoms with Gasteiger partial charge in [0.2, 0.25) is 0 Å². The maximum atomic E-state index is 10.7. The van der Waals surface area contributed by atoms with Crippen molar-refractivity contribution >= 4 is 5.78 Å². The molecule has 0 saturated heterocycles. The Morgan fingerprint density at radius 3 is 2.55 bits per heavy atom. The average Bonchev–Trinajstić information content (AvgIpc) is 2.04. The van der Waals surface area contributed by atoms with Crippen LogP contribution < -0.4 is 0 Å². The van der Waals surface area contributed by atoms with Crippen molar-refractivity contribution in [3.63, 3.8) is 0 Å². The molecule has 0 aromatic rings. The highest BCUT2D eigenvalue weighted by molar-refractivity contribution is 5.89. The van der Waals surface area contributed by atoms with E-state index in [9.17, 15) is 4.79 Å². The molecule has 0 radical (unpaired) electrons. The second-order valence-corrected chi connectivity index (χ2v) is 2.40. The number of rotatable bonds is 5. The van der Waals surface area contributed by atoms with Crippen LogP contribution >= 0.6 is 0 Å². The van der Waals surface area contributed by atoms with Crippen LogP contribution in [-0.4, -0.2) is 5.78 Å². The summed E-state index contributed by atoms with van der Waals surface area (Å²) in [4.78, 5) is 10.7. The van der Waals surface area contributed by atoms with Crippen LogP contribution in [0.25, 0.3) is 0 Å². The molecule has 0 rings (SSSR count). The average molecular weight is 152 g/mol. The molecule has 0 aliphatic carbocycles. The van der Waals surface area contributed by atoms with E-state index in [4.69, 9.17) is 0 Å². The Bertz CT molecular complexity index is 154. The molecule has 0 aromatic heterocycles. The molecule has 1 heteroatoms. The van der Waals surface area contributed by atoms with Crippen molar-refractivity contribution in [2.24, 2.45) is 0 Å². The zero-order chi connectivity index (χ0) is 8.53. The lowest BCUT2D eigenvalue weighted by Crippen LogP contribution is -1.85. The first-order valence-corrected chi connectivity index (χ1v) is 4.17. The molecule has 0 atom stereocenters. The van der Waals surface area contributed by atoms with Gasteiger partial charge in [-0.15, -0.1) is 0 Å². The minimum Gasteiger partial charge on any atom is -0.295 e. The van der Waals surface area contributed by atoms with Gasteiger partial charge in [-0.3, -0.25) is 4.79 Å². The lowest BCUT2D eigenvalue weighted by atomic mass is 10.2. The first kappa shape index (κ1) is 10.2. The van der Waals surface area contributed by atoms with Gasteiger partial charge in [-0.1, -0.05) is 38.5 Å². The molecule has 0 bridgehead atoms. The predicted octanol–water partition coefficient (Wildman–Crippen LogP) is 2.88. The predicted molar refractivity (Wildman–Crippen MR) is 48.5 cm³/mol. The molecule has 0 aliphatic heterocycles. The van der Waals surface area contributed by atoms with Crippen LogP contribution in [0.1, 0.15) is 33.1 Å². The Morgan fingerprint density at radius 2 is 2.00 bits per heavy atom. The minimum atomic E-state index is 0.186. The Morgan fingerprint density at radius 1 is 1.27 bits per heavy atom. The quantitative estimate of drug-likeness (QED) is 0.437. The van der Waals surface area contributed by atoms with Crippen molar-refractivity contribution < 1.29 is 4.79 Å². The second-order valence-electron chi connectivity index (χ2n) is 2.40. The summed E-state index contributed by atoms with van der Waals surface area (Å²) in [6, 6.07) is 0. The van der Waals surface area contributed by atoms with E-state index in [0.717, 1.165) is 12.8 Å². The fourth-order valence-electron chi connectivity index (χ4n) is 0.622. The topological polar surface area (TPSA) is 17.1 Å². The minimum absolute atomic E-state index is 0.186. The van der Waals surface area contributed by atoms with Crippen LogP contribution in [0.4, 0.5) is 0 Å². The summed E-state index contributed by atoms with van der Waals surface area (Å²) in [7, 11) is 0. The number of carbonyl (C=O) groups excluding carboxylic acids is 1. The van der Waals surface area contributed by atoms with Gasteiger partial charge < -0.3 is 0 Å². The van der Waals surface area contributed by atoms with E-state index in [1.54, 1.807) is 6.08 Å². The van der Waals surface area contributed by atoms with Gasteiger partial charge in [0, 0.05) is 6.42 Å². The molecule has 0 amide bonds. The van der Waals surface area contributed by atoms with E-state index in [1.165, 1.54) is 0 Å². The van der Waals surface area contributed by atoms with Crippen molar-refractivity contribution in [1.82, 2.24) is 0 Å². The third kappa shape index (κ3) is 7.04. The second kappa shape index (κ2) is 7.26. The molecule has 11 heavy (non-hydrogen) atoms. The van der Waals surface area contributed by atoms with E-state index in [2.05, 4.69) is 13.0 Å².